The number of likely N-dealkylation sites (tertiary alicyclic amines) is 1. The number of aryl methyl sites for hydroxylation is 2. The lowest BCUT2D eigenvalue weighted by atomic mass is 10.0. The highest BCUT2D eigenvalue weighted by molar-refractivity contribution is 5.94. The summed E-state index contributed by atoms with van der Waals surface area (Å²) in [7, 11) is 0. The molecule has 1 aromatic carbocycles. The molecule has 3 rings (SSSR count). The number of nitrogens with two attached hydrogens (primary N) is 1. The van der Waals surface area contributed by atoms with E-state index in [4.69, 9.17) is 5.73 Å². The molecule has 1 aromatic rings. The van der Waals surface area contributed by atoms with Gasteiger partial charge in [-0.3, -0.25) is 4.79 Å². The van der Waals surface area contributed by atoms with E-state index < -0.39 is 0 Å². The Bertz CT molecular complexity index is 470. The van der Waals surface area contributed by atoms with E-state index in [2.05, 4.69) is 12.1 Å². The molecule has 1 fully saturated rings. The minimum absolute atomic E-state index is 0.150. The van der Waals surface area contributed by atoms with Gasteiger partial charge in [0.25, 0.3) is 5.91 Å². The Kier molecular flexibility index (Phi) is 3.08. The molecule has 1 unspecified atom stereocenters. The number of nitrogens with zero attached hydrogens (tertiary/aromatic N) is 1. The Morgan fingerprint density at radius 3 is 2.89 bits per heavy atom. The first-order valence-electron chi connectivity index (χ1n) is 6.91. The Morgan fingerprint density at radius 1 is 1.22 bits per heavy atom. The second-order valence-electron chi connectivity index (χ2n) is 5.49. The van der Waals surface area contributed by atoms with Crippen molar-refractivity contribution in [1.29, 1.82) is 0 Å². The lowest BCUT2D eigenvalue weighted by Crippen LogP contribution is -2.45. The first kappa shape index (κ1) is 11.7. The molecule has 0 radical (unpaired) electrons. The number of rotatable bonds is 1. The van der Waals surface area contributed by atoms with Gasteiger partial charge in [-0.05, 0) is 55.4 Å². The number of fused-ring (bicyclic) bond motifs is 1. The number of amides is 1. The quantitative estimate of drug-likeness (QED) is 0.818. The second kappa shape index (κ2) is 4.73. The molecule has 0 saturated carbocycles. The molecule has 96 valence electrons. The lowest BCUT2D eigenvalue weighted by Gasteiger charge is -2.31. The molecule has 2 N–H and O–H groups in total. The van der Waals surface area contributed by atoms with Crippen molar-refractivity contribution in [2.75, 3.05) is 13.1 Å². The predicted molar refractivity (Wildman–Crippen MR) is 71.6 cm³/mol. The van der Waals surface area contributed by atoms with Crippen LogP contribution >= 0.6 is 0 Å². The molecular weight excluding hydrogens is 224 g/mol. The third-order valence-corrected chi connectivity index (χ3v) is 4.09. The summed E-state index contributed by atoms with van der Waals surface area (Å²) < 4.78 is 0. The fourth-order valence-corrected chi connectivity index (χ4v) is 3.08. The molecule has 3 heteroatoms. The number of piperidine rings is 1. The van der Waals surface area contributed by atoms with Crippen LogP contribution in [0.1, 0.15) is 40.7 Å². The molecule has 2 aliphatic rings. The van der Waals surface area contributed by atoms with Gasteiger partial charge in [0.15, 0.2) is 0 Å². The topological polar surface area (TPSA) is 46.3 Å². The van der Waals surface area contributed by atoms with Gasteiger partial charge in [-0.15, -0.1) is 0 Å². The van der Waals surface area contributed by atoms with Crippen molar-refractivity contribution in [3.63, 3.8) is 0 Å². The molecule has 0 spiro atoms. The van der Waals surface area contributed by atoms with Gasteiger partial charge in [-0.1, -0.05) is 6.07 Å². The monoisotopic (exact) mass is 244 g/mol. The van der Waals surface area contributed by atoms with Gasteiger partial charge in [0, 0.05) is 24.7 Å². The fraction of sp³-hybridized carbons (Fsp3) is 0.533. The highest BCUT2D eigenvalue weighted by Gasteiger charge is 2.23. The number of hydrogen-bond acceptors (Lipinski definition) is 2. The van der Waals surface area contributed by atoms with E-state index in [0.717, 1.165) is 31.4 Å². The third-order valence-electron chi connectivity index (χ3n) is 4.09. The molecule has 1 saturated heterocycles. The summed E-state index contributed by atoms with van der Waals surface area (Å²) in [6.07, 6.45) is 5.57. The first-order valence-corrected chi connectivity index (χ1v) is 6.91. The van der Waals surface area contributed by atoms with E-state index in [1.165, 1.54) is 24.0 Å². The maximum absolute atomic E-state index is 12.4. The Morgan fingerprint density at radius 2 is 2.06 bits per heavy atom. The second-order valence-corrected chi connectivity index (χ2v) is 5.49. The molecule has 0 bridgehead atoms. The highest BCUT2D eigenvalue weighted by Crippen LogP contribution is 2.24. The van der Waals surface area contributed by atoms with Gasteiger partial charge in [-0.2, -0.15) is 0 Å². The zero-order chi connectivity index (χ0) is 12.5. The summed E-state index contributed by atoms with van der Waals surface area (Å²) in [5.41, 5.74) is 9.56. The van der Waals surface area contributed by atoms with Crippen LogP contribution in [0, 0.1) is 0 Å². The summed E-state index contributed by atoms with van der Waals surface area (Å²) in [5, 5.41) is 0. The summed E-state index contributed by atoms with van der Waals surface area (Å²) in [5.74, 6) is 0.153. The van der Waals surface area contributed by atoms with Gasteiger partial charge < -0.3 is 10.6 Å². The zero-order valence-electron chi connectivity index (χ0n) is 10.7. The number of benzene rings is 1. The fourth-order valence-electron chi connectivity index (χ4n) is 3.08. The van der Waals surface area contributed by atoms with Gasteiger partial charge in [0.1, 0.15) is 0 Å². The van der Waals surface area contributed by atoms with Crippen LogP contribution in [0.5, 0.6) is 0 Å². The van der Waals surface area contributed by atoms with Crippen molar-refractivity contribution >= 4 is 5.91 Å². The van der Waals surface area contributed by atoms with Crippen molar-refractivity contribution in [2.45, 2.75) is 38.1 Å². The van der Waals surface area contributed by atoms with Crippen LogP contribution in [0.4, 0.5) is 0 Å². The van der Waals surface area contributed by atoms with Crippen molar-refractivity contribution in [2.24, 2.45) is 5.73 Å². The van der Waals surface area contributed by atoms with Gasteiger partial charge in [0.05, 0.1) is 0 Å². The molecule has 0 aromatic heterocycles. The molecule has 3 nitrogen and oxygen atoms in total. The minimum Gasteiger partial charge on any atom is -0.337 e. The average molecular weight is 244 g/mol. The Labute approximate surface area is 108 Å². The van der Waals surface area contributed by atoms with Gasteiger partial charge >= 0.3 is 0 Å². The molecule has 1 atom stereocenters. The summed E-state index contributed by atoms with van der Waals surface area (Å²) in [6, 6.07) is 6.34. The molecule has 1 aliphatic heterocycles. The van der Waals surface area contributed by atoms with Crippen molar-refractivity contribution < 1.29 is 4.79 Å². The van der Waals surface area contributed by atoms with E-state index in [9.17, 15) is 4.79 Å². The normalized spacial score (nSPS) is 22.9. The third kappa shape index (κ3) is 2.15. The summed E-state index contributed by atoms with van der Waals surface area (Å²) >= 11 is 0. The van der Waals surface area contributed by atoms with Crippen molar-refractivity contribution in [3.05, 3.63) is 34.9 Å². The number of carbonyl (C=O) groups excluding carboxylic acids is 1. The molecule has 1 aliphatic carbocycles. The molecule has 1 amide bonds. The first-order chi connectivity index (χ1) is 8.74. The van der Waals surface area contributed by atoms with Crippen LogP contribution < -0.4 is 5.73 Å². The number of carbonyl (C=O) groups is 1. The van der Waals surface area contributed by atoms with Gasteiger partial charge in [0.2, 0.25) is 0 Å². The maximum Gasteiger partial charge on any atom is 0.253 e. The van der Waals surface area contributed by atoms with Crippen LogP contribution in [0.2, 0.25) is 0 Å². The van der Waals surface area contributed by atoms with Crippen LogP contribution in [0.25, 0.3) is 0 Å². The molecular formula is C15H20N2O. The lowest BCUT2D eigenvalue weighted by molar-refractivity contribution is 0.0708. The summed E-state index contributed by atoms with van der Waals surface area (Å²) in [4.78, 5) is 14.3. The minimum atomic E-state index is 0.150. The average Bonchev–Trinajstić information content (AvgIpc) is 2.85. The molecule has 1 heterocycles. The Balaban J connectivity index is 1.79. The van der Waals surface area contributed by atoms with Crippen molar-refractivity contribution in [3.8, 4) is 0 Å². The van der Waals surface area contributed by atoms with Crippen LogP contribution in [-0.2, 0) is 12.8 Å². The van der Waals surface area contributed by atoms with E-state index in [1.54, 1.807) is 0 Å². The summed E-state index contributed by atoms with van der Waals surface area (Å²) in [6.45, 7) is 1.56. The van der Waals surface area contributed by atoms with E-state index in [-0.39, 0.29) is 11.9 Å². The number of hydrogen-bond donors (Lipinski definition) is 1. The van der Waals surface area contributed by atoms with Crippen molar-refractivity contribution in [1.82, 2.24) is 4.90 Å². The van der Waals surface area contributed by atoms with E-state index in [1.807, 2.05) is 11.0 Å². The SMILES string of the molecule is NC1CCCN(C(=O)c2ccc3c(c2)CCC3)C1. The molecule has 18 heavy (non-hydrogen) atoms. The highest BCUT2D eigenvalue weighted by atomic mass is 16.2. The van der Waals surface area contributed by atoms with Crippen LogP contribution in [0.15, 0.2) is 18.2 Å². The van der Waals surface area contributed by atoms with Crippen LogP contribution in [-0.4, -0.2) is 29.9 Å². The largest absolute Gasteiger partial charge is 0.337 e. The van der Waals surface area contributed by atoms with Crippen LogP contribution in [0.3, 0.4) is 0 Å². The van der Waals surface area contributed by atoms with E-state index >= 15 is 0 Å². The Hall–Kier alpha value is -1.35. The predicted octanol–water partition coefficient (Wildman–Crippen LogP) is 1.74. The zero-order valence-corrected chi connectivity index (χ0v) is 10.7. The van der Waals surface area contributed by atoms with E-state index in [0.29, 0.717) is 6.54 Å². The van der Waals surface area contributed by atoms with Gasteiger partial charge in [-0.25, -0.2) is 0 Å². The smallest absolute Gasteiger partial charge is 0.253 e. The standard InChI is InChI=1S/C15H20N2O/c16-14-5-2-8-17(10-14)15(18)13-7-6-11-3-1-4-12(11)9-13/h6-7,9,14H,1-5,8,10,16H2. The maximum atomic E-state index is 12.4.